The molecule has 142 valence electrons. The van der Waals surface area contributed by atoms with Crippen LogP contribution in [0.3, 0.4) is 0 Å². The van der Waals surface area contributed by atoms with Crippen LogP contribution in [0.5, 0.6) is 11.5 Å². The predicted molar refractivity (Wildman–Crippen MR) is 114 cm³/mol. The quantitative estimate of drug-likeness (QED) is 0.435. The second kappa shape index (κ2) is 7.26. The molecule has 0 saturated carbocycles. The lowest BCUT2D eigenvalue weighted by molar-refractivity contribution is 0.174. The summed E-state index contributed by atoms with van der Waals surface area (Å²) in [5, 5.41) is 2.71. The maximum absolute atomic E-state index is 5.31. The van der Waals surface area contributed by atoms with Crippen molar-refractivity contribution in [3.63, 3.8) is 0 Å². The van der Waals surface area contributed by atoms with Crippen LogP contribution in [0.1, 0.15) is 52.7 Å². The van der Waals surface area contributed by atoms with Gasteiger partial charge in [0.1, 0.15) is 0 Å². The molecule has 0 saturated heterocycles. The minimum absolute atomic E-state index is 0.168. The van der Waals surface area contributed by atoms with Crippen LogP contribution >= 0.6 is 0 Å². The fraction of sp³-hybridized carbons (Fsp3) is 0.360. The van der Waals surface area contributed by atoms with E-state index in [1.165, 1.54) is 21.9 Å². The molecule has 0 fully saturated rings. The van der Waals surface area contributed by atoms with Crippen LogP contribution in [0.4, 0.5) is 0 Å². The van der Waals surface area contributed by atoms with E-state index >= 15 is 0 Å². The monoisotopic (exact) mass is 362 g/mol. The van der Waals surface area contributed by atoms with Gasteiger partial charge in [-0.25, -0.2) is 0 Å². The Morgan fingerprint density at radius 1 is 0.667 bits per heavy atom. The van der Waals surface area contributed by atoms with Gasteiger partial charge in [-0.15, -0.1) is 0 Å². The molecule has 2 nitrogen and oxygen atoms in total. The molecular formula is C25H30O2. The van der Waals surface area contributed by atoms with Gasteiger partial charge in [-0.2, -0.15) is 0 Å². The molecular weight excluding hydrogens is 332 g/mol. The van der Waals surface area contributed by atoms with Crippen LogP contribution in [0.15, 0.2) is 60.7 Å². The first-order chi connectivity index (χ1) is 12.7. The Hall–Kier alpha value is -2.48. The third kappa shape index (κ3) is 4.44. The minimum atomic E-state index is 0.168. The van der Waals surface area contributed by atoms with Gasteiger partial charge in [0.15, 0.2) is 11.5 Å². The third-order valence-corrected chi connectivity index (χ3v) is 4.84. The molecule has 3 aromatic rings. The van der Waals surface area contributed by atoms with Crippen molar-refractivity contribution in [2.24, 2.45) is 0 Å². The van der Waals surface area contributed by atoms with Crippen LogP contribution in [0.2, 0.25) is 0 Å². The van der Waals surface area contributed by atoms with Gasteiger partial charge in [0.05, 0.1) is 0 Å². The average Bonchev–Trinajstić information content (AvgIpc) is 3.08. The van der Waals surface area contributed by atoms with Crippen molar-refractivity contribution in [3.05, 3.63) is 71.8 Å². The van der Waals surface area contributed by atoms with E-state index in [4.69, 9.17) is 9.47 Å². The van der Waals surface area contributed by atoms with E-state index in [9.17, 15) is 0 Å². The number of fused-ring (bicyclic) bond motifs is 2. The van der Waals surface area contributed by atoms with E-state index in [-0.39, 0.29) is 10.8 Å². The topological polar surface area (TPSA) is 18.5 Å². The van der Waals surface area contributed by atoms with E-state index in [1.54, 1.807) is 0 Å². The van der Waals surface area contributed by atoms with E-state index in [0.717, 1.165) is 11.5 Å². The molecule has 0 aliphatic carbocycles. The Labute approximate surface area is 163 Å². The van der Waals surface area contributed by atoms with E-state index < -0.39 is 0 Å². The van der Waals surface area contributed by atoms with Crippen LogP contribution in [0.25, 0.3) is 10.8 Å². The molecule has 0 bridgehead atoms. The maximum atomic E-state index is 5.31. The smallest absolute Gasteiger partial charge is 0.231 e. The first kappa shape index (κ1) is 19.3. The molecule has 1 heterocycles. The molecule has 0 amide bonds. The zero-order chi connectivity index (χ0) is 19.7. The number of ether oxygens (including phenoxy) is 2. The molecule has 0 unspecified atom stereocenters. The van der Waals surface area contributed by atoms with Gasteiger partial charge >= 0.3 is 0 Å². The lowest BCUT2D eigenvalue weighted by Crippen LogP contribution is -2.11. The Morgan fingerprint density at radius 3 is 2.04 bits per heavy atom. The molecule has 0 spiro atoms. The number of benzene rings is 3. The highest BCUT2D eigenvalue weighted by atomic mass is 16.7. The average molecular weight is 363 g/mol. The molecule has 0 radical (unpaired) electrons. The van der Waals surface area contributed by atoms with Crippen LogP contribution in [-0.2, 0) is 10.8 Å². The van der Waals surface area contributed by atoms with Gasteiger partial charge < -0.3 is 9.47 Å². The standard InChI is InChI=1S/C14H16.C11H14O2/c1-14(2,3)13-10-6-8-11-7-4-5-9-12(11)13;1-11(2,3)8-4-5-9-10(6-8)13-7-12-9/h4-10H,1-3H3;4-6H,7H2,1-3H3. The van der Waals surface area contributed by atoms with Gasteiger partial charge in [-0.05, 0) is 44.9 Å². The summed E-state index contributed by atoms with van der Waals surface area (Å²) < 4.78 is 10.6. The fourth-order valence-corrected chi connectivity index (χ4v) is 3.24. The second-order valence-corrected chi connectivity index (χ2v) is 9.09. The van der Waals surface area contributed by atoms with Gasteiger partial charge in [0.25, 0.3) is 0 Å². The predicted octanol–water partition coefficient (Wildman–Crippen LogP) is 6.85. The molecule has 0 aromatic heterocycles. The Balaban J connectivity index is 0.000000156. The Bertz CT molecular complexity index is 922. The molecule has 1 aliphatic rings. The normalized spacial score (nSPS) is 13.3. The molecule has 1 aliphatic heterocycles. The molecule has 0 N–H and O–H groups in total. The lowest BCUT2D eigenvalue weighted by Gasteiger charge is -2.21. The fourth-order valence-electron chi connectivity index (χ4n) is 3.24. The highest BCUT2D eigenvalue weighted by Crippen LogP contribution is 2.36. The first-order valence-electron chi connectivity index (χ1n) is 9.54. The molecule has 4 rings (SSSR count). The molecule has 3 aromatic carbocycles. The van der Waals surface area contributed by atoms with Crippen LogP contribution in [0, 0.1) is 0 Å². The summed E-state index contributed by atoms with van der Waals surface area (Å²) in [7, 11) is 0. The lowest BCUT2D eigenvalue weighted by atomic mass is 9.84. The summed E-state index contributed by atoms with van der Waals surface area (Å²) in [4.78, 5) is 0. The van der Waals surface area contributed by atoms with E-state index in [0.29, 0.717) is 6.79 Å². The summed E-state index contributed by atoms with van der Waals surface area (Å²) in [5.41, 5.74) is 3.09. The molecule has 2 heteroatoms. The highest BCUT2D eigenvalue weighted by molar-refractivity contribution is 5.86. The minimum Gasteiger partial charge on any atom is -0.454 e. The number of rotatable bonds is 0. The zero-order valence-corrected chi connectivity index (χ0v) is 17.3. The maximum Gasteiger partial charge on any atom is 0.231 e. The van der Waals surface area contributed by atoms with Crippen molar-refractivity contribution < 1.29 is 9.47 Å². The van der Waals surface area contributed by atoms with Crippen molar-refractivity contribution in [3.8, 4) is 11.5 Å². The Morgan fingerprint density at radius 2 is 1.33 bits per heavy atom. The zero-order valence-electron chi connectivity index (χ0n) is 17.3. The van der Waals surface area contributed by atoms with Crippen molar-refractivity contribution in [2.45, 2.75) is 52.4 Å². The van der Waals surface area contributed by atoms with Gasteiger partial charge in [-0.3, -0.25) is 0 Å². The summed E-state index contributed by atoms with van der Waals surface area (Å²) in [6, 6.07) is 21.2. The van der Waals surface area contributed by atoms with Gasteiger partial charge in [0, 0.05) is 0 Å². The van der Waals surface area contributed by atoms with Crippen molar-refractivity contribution in [2.75, 3.05) is 6.79 Å². The third-order valence-electron chi connectivity index (χ3n) is 4.84. The van der Waals surface area contributed by atoms with Crippen molar-refractivity contribution in [1.82, 2.24) is 0 Å². The van der Waals surface area contributed by atoms with Gasteiger partial charge in [-0.1, -0.05) is 90.1 Å². The summed E-state index contributed by atoms with van der Waals surface area (Å²) in [5.74, 6) is 1.72. The van der Waals surface area contributed by atoms with Crippen molar-refractivity contribution in [1.29, 1.82) is 0 Å². The summed E-state index contributed by atoms with van der Waals surface area (Å²) >= 11 is 0. The van der Waals surface area contributed by atoms with E-state index in [2.05, 4.69) is 96.1 Å². The molecule has 0 atom stereocenters. The van der Waals surface area contributed by atoms with Crippen LogP contribution in [-0.4, -0.2) is 6.79 Å². The van der Waals surface area contributed by atoms with Gasteiger partial charge in [0.2, 0.25) is 6.79 Å². The summed E-state index contributed by atoms with van der Waals surface area (Å²) in [6.07, 6.45) is 0. The van der Waals surface area contributed by atoms with Crippen molar-refractivity contribution >= 4 is 10.8 Å². The number of hydrogen-bond donors (Lipinski definition) is 0. The second-order valence-electron chi connectivity index (χ2n) is 9.09. The first-order valence-corrected chi connectivity index (χ1v) is 9.54. The summed E-state index contributed by atoms with van der Waals surface area (Å²) in [6.45, 7) is 13.7. The van der Waals surface area contributed by atoms with Crippen LogP contribution < -0.4 is 9.47 Å². The largest absolute Gasteiger partial charge is 0.454 e. The molecule has 27 heavy (non-hydrogen) atoms. The SMILES string of the molecule is CC(C)(C)c1ccc2c(c1)OCO2.CC(C)(C)c1cccc2ccccc12. The van der Waals surface area contributed by atoms with E-state index in [1.807, 2.05) is 6.07 Å². The number of hydrogen-bond acceptors (Lipinski definition) is 2. The Kier molecular flexibility index (Phi) is 5.19. The highest BCUT2D eigenvalue weighted by Gasteiger charge is 2.19.